The molecule has 0 saturated carbocycles. The number of halogens is 3. The van der Waals surface area contributed by atoms with Gasteiger partial charge in [0.15, 0.2) is 5.78 Å². The van der Waals surface area contributed by atoms with E-state index in [4.69, 9.17) is 4.74 Å². The van der Waals surface area contributed by atoms with Crippen LogP contribution in [0.2, 0.25) is 0 Å². The molecule has 0 bridgehead atoms. The number of carbonyl (C=O) groups is 1. The van der Waals surface area contributed by atoms with Crippen LogP contribution in [-0.4, -0.2) is 5.78 Å². The summed E-state index contributed by atoms with van der Waals surface area (Å²) in [6.45, 7) is 2.97. The van der Waals surface area contributed by atoms with Gasteiger partial charge in [0.2, 0.25) is 0 Å². The Morgan fingerprint density at radius 2 is 1.95 bits per heavy atom. The zero-order valence-electron chi connectivity index (χ0n) is 11.5. The van der Waals surface area contributed by atoms with E-state index in [0.717, 1.165) is 11.6 Å². The molecule has 0 aliphatic rings. The molecule has 0 spiro atoms. The standard InChI is InChI=1S/C16H13BrF2O2/c1-9-3-4-11(10(2)20)15(7-9)21-8-12-14(18)6-5-13(17)16(12)19/h3-7H,8H2,1-2H3. The molecule has 0 unspecified atom stereocenters. The summed E-state index contributed by atoms with van der Waals surface area (Å²) in [6, 6.07) is 7.55. The lowest BCUT2D eigenvalue weighted by molar-refractivity contribution is 0.101. The molecule has 21 heavy (non-hydrogen) atoms. The van der Waals surface area contributed by atoms with Crippen molar-refractivity contribution in [1.82, 2.24) is 0 Å². The lowest BCUT2D eigenvalue weighted by Crippen LogP contribution is -2.05. The van der Waals surface area contributed by atoms with E-state index in [-0.39, 0.29) is 22.4 Å². The number of carbonyl (C=O) groups excluding carboxylic acids is 1. The first-order valence-electron chi connectivity index (χ1n) is 6.27. The van der Waals surface area contributed by atoms with Gasteiger partial charge < -0.3 is 4.74 Å². The number of ether oxygens (including phenoxy) is 1. The number of aryl methyl sites for hydroxylation is 1. The van der Waals surface area contributed by atoms with Gasteiger partial charge in [0, 0.05) is 0 Å². The Morgan fingerprint density at radius 3 is 2.62 bits per heavy atom. The summed E-state index contributed by atoms with van der Waals surface area (Å²) >= 11 is 3.00. The van der Waals surface area contributed by atoms with Crippen molar-refractivity contribution in [2.45, 2.75) is 20.5 Å². The van der Waals surface area contributed by atoms with Gasteiger partial charge in [0.1, 0.15) is 24.0 Å². The Labute approximate surface area is 129 Å². The van der Waals surface area contributed by atoms with Gasteiger partial charge in [0.05, 0.1) is 15.6 Å². The molecule has 0 heterocycles. The molecular weight excluding hydrogens is 342 g/mol. The van der Waals surface area contributed by atoms with Gasteiger partial charge >= 0.3 is 0 Å². The smallest absolute Gasteiger partial charge is 0.163 e. The highest BCUT2D eigenvalue weighted by atomic mass is 79.9. The second kappa shape index (κ2) is 6.35. The van der Waals surface area contributed by atoms with Crippen LogP contribution in [0.3, 0.4) is 0 Å². The zero-order chi connectivity index (χ0) is 15.6. The summed E-state index contributed by atoms with van der Waals surface area (Å²) in [4.78, 5) is 11.5. The number of ketones is 1. The fourth-order valence-corrected chi connectivity index (χ4v) is 2.26. The molecule has 0 fully saturated rings. The third kappa shape index (κ3) is 3.47. The molecule has 2 aromatic rings. The van der Waals surface area contributed by atoms with Crippen molar-refractivity contribution in [2.75, 3.05) is 0 Å². The largest absolute Gasteiger partial charge is 0.488 e. The molecule has 0 N–H and O–H groups in total. The van der Waals surface area contributed by atoms with Gasteiger partial charge in [-0.2, -0.15) is 0 Å². The molecule has 2 aromatic carbocycles. The topological polar surface area (TPSA) is 26.3 Å². The van der Waals surface area contributed by atoms with Gasteiger partial charge in [0.25, 0.3) is 0 Å². The monoisotopic (exact) mass is 354 g/mol. The van der Waals surface area contributed by atoms with Crippen molar-refractivity contribution in [3.63, 3.8) is 0 Å². The Balaban J connectivity index is 2.31. The number of Topliss-reactive ketones (excluding diaryl/α,β-unsaturated/α-hetero) is 1. The minimum Gasteiger partial charge on any atom is -0.488 e. The van der Waals surface area contributed by atoms with Crippen LogP contribution in [0.15, 0.2) is 34.8 Å². The van der Waals surface area contributed by atoms with Crippen LogP contribution in [0.25, 0.3) is 0 Å². The summed E-state index contributed by atoms with van der Waals surface area (Å²) < 4.78 is 33.2. The van der Waals surface area contributed by atoms with Crippen LogP contribution in [-0.2, 0) is 6.61 Å². The number of rotatable bonds is 4. The molecule has 0 aliphatic carbocycles. The van der Waals surface area contributed by atoms with Crippen LogP contribution < -0.4 is 4.74 Å². The molecular formula is C16H13BrF2O2. The van der Waals surface area contributed by atoms with E-state index in [0.29, 0.717) is 11.3 Å². The first-order valence-corrected chi connectivity index (χ1v) is 7.06. The third-order valence-electron chi connectivity index (χ3n) is 3.03. The van der Waals surface area contributed by atoms with E-state index in [1.165, 1.54) is 13.0 Å². The van der Waals surface area contributed by atoms with Crippen molar-refractivity contribution in [3.05, 3.63) is 63.1 Å². The molecule has 0 radical (unpaired) electrons. The van der Waals surface area contributed by atoms with Crippen LogP contribution in [0, 0.1) is 18.6 Å². The Morgan fingerprint density at radius 1 is 1.24 bits per heavy atom. The van der Waals surface area contributed by atoms with Crippen molar-refractivity contribution < 1.29 is 18.3 Å². The highest BCUT2D eigenvalue weighted by Gasteiger charge is 2.15. The zero-order valence-corrected chi connectivity index (χ0v) is 13.1. The molecule has 2 nitrogen and oxygen atoms in total. The molecule has 0 aliphatic heterocycles. The predicted molar refractivity (Wildman–Crippen MR) is 79.6 cm³/mol. The molecule has 110 valence electrons. The number of hydrogen-bond donors (Lipinski definition) is 0. The fraction of sp³-hybridized carbons (Fsp3) is 0.188. The molecule has 0 aromatic heterocycles. The van der Waals surface area contributed by atoms with E-state index in [2.05, 4.69) is 15.9 Å². The van der Waals surface area contributed by atoms with E-state index in [9.17, 15) is 13.6 Å². The van der Waals surface area contributed by atoms with Crippen molar-refractivity contribution in [2.24, 2.45) is 0 Å². The maximum Gasteiger partial charge on any atom is 0.163 e. The average molecular weight is 355 g/mol. The van der Waals surface area contributed by atoms with Gasteiger partial charge in [-0.15, -0.1) is 0 Å². The van der Waals surface area contributed by atoms with Crippen molar-refractivity contribution >= 4 is 21.7 Å². The van der Waals surface area contributed by atoms with Crippen LogP contribution in [0.1, 0.15) is 28.4 Å². The number of benzene rings is 2. The summed E-state index contributed by atoms with van der Waals surface area (Å²) in [5, 5.41) is 0. The molecule has 2 rings (SSSR count). The van der Waals surface area contributed by atoms with E-state index in [1.54, 1.807) is 18.2 Å². The lowest BCUT2D eigenvalue weighted by Gasteiger charge is -2.12. The Bertz CT molecular complexity index is 699. The van der Waals surface area contributed by atoms with E-state index < -0.39 is 11.6 Å². The van der Waals surface area contributed by atoms with E-state index >= 15 is 0 Å². The lowest BCUT2D eigenvalue weighted by atomic mass is 10.1. The van der Waals surface area contributed by atoms with Gasteiger partial charge in [-0.3, -0.25) is 4.79 Å². The first-order chi connectivity index (χ1) is 9.90. The summed E-state index contributed by atoms with van der Waals surface area (Å²) in [6.07, 6.45) is 0. The van der Waals surface area contributed by atoms with Gasteiger partial charge in [-0.25, -0.2) is 8.78 Å². The van der Waals surface area contributed by atoms with Crippen LogP contribution in [0.4, 0.5) is 8.78 Å². The molecule has 0 atom stereocenters. The number of hydrogen-bond acceptors (Lipinski definition) is 2. The minimum atomic E-state index is -0.702. The van der Waals surface area contributed by atoms with E-state index in [1.807, 2.05) is 6.92 Å². The van der Waals surface area contributed by atoms with Gasteiger partial charge in [-0.05, 0) is 59.6 Å². The first kappa shape index (κ1) is 15.6. The molecule has 5 heteroatoms. The minimum absolute atomic E-state index is 0.165. The molecule has 0 amide bonds. The highest BCUT2D eigenvalue weighted by molar-refractivity contribution is 9.10. The second-order valence-corrected chi connectivity index (χ2v) is 5.52. The normalized spacial score (nSPS) is 10.5. The van der Waals surface area contributed by atoms with Crippen LogP contribution >= 0.6 is 15.9 Å². The summed E-state index contributed by atoms with van der Waals surface area (Å²) in [7, 11) is 0. The van der Waals surface area contributed by atoms with Crippen LogP contribution in [0.5, 0.6) is 5.75 Å². The second-order valence-electron chi connectivity index (χ2n) is 4.67. The fourth-order valence-electron chi connectivity index (χ4n) is 1.89. The SMILES string of the molecule is CC(=O)c1ccc(C)cc1OCc1c(F)ccc(Br)c1F. The van der Waals surface area contributed by atoms with Gasteiger partial charge in [-0.1, -0.05) is 6.07 Å². The maximum atomic E-state index is 13.9. The van der Waals surface area contributed by atoms with Crippen molar-refractivity contribution in [3.8, 4) is 5.75 Å². The third-order valence-corrected chi connectivity index (χ3v) is 3.64. The highest BCUT2D eigenvalue weighted by Crippen LogP contribution is 2.25. The van der Waals surface area contributed by atoms with Crippen molar-refractivity contribution in [1.29, 1.82) is 0 Å². The Kier molecular flexibility index (Phi) is 4.73. The Hall–Kier alpha value is -1.75. The molecule has 0 saturated heterocycles. The summed E-state index contributed by atoms with van der Waals surface area (Å²) in [5.74, 6) is -1.23. The maximum absolute atomic E-state index is 13.9. The summed E-state index contributed by atoms with van der Waals surface area (Å²) in [5.41, 5.74) is 1.10. The quantitative estimate of drug-likeness (QED) is 0.581. The predicted octanol–water partition coefficient (Wildman–Crippen LogP) is 4.82. The average Bonchev–Trinajstić information content (AvgIpc) is 2.43.